The van der Waals surface area contributed by atoms with Crippen LogP contribution < -0.4 is 5.32 Å². The van der Waals surface area contributed by atoms with E-state index in [-0.39, 0.29) is 12.4 Å². The molecule has 104 valence electrons. The maximum Gasteiger partial charge on any atom is 0.144 e. The summed E-state index contributed by atoms with van der Waals surface area (Å²) in [5.74, 6) is 1.09. The van der Waals surface area contributed by atoms with Gasteiger partial charge in [0.15, 0.2) is 0 Å². The number of halogens is 1. The second-order valence-corrected chi connectivity index (χ2v) is 5.85. The second-order valence-electron chi connectivity index (χ2n) is 4.90. The number of piperidine rings is 1. The monoisotopic (exact) mass is 305 g/mol. The number of aromatic nitrogens is 2. The quantitative estimate of drug-likeness (QED) is 0.689. The van der Waals surface area contributed by atoms with Gasteiger partial charge in [0.25, 0.3) is 0 Å². The second kappa shape index (κ2) is 5.56. The molecule has 5 heteroatoms. The zero-order chi connectivity index (χ0) is 12.7. The molecule has 0 atom stereocenters. The van der Waals surface area contributed by atoms with Crippen LogP contribution in [0, 0.1) is 0 Å². The fourth-order valence-corrected chi connectivity index (χ4v) is 3.67. The molecule has 2 aliphatic heterocycles. The summed E-state index contributed by atoms with van der Waals surface area (Å²) >= 11 is 1.80. The van der Waals surface area contributed by atoms with Gasteiger partial charge in [-0.25, -0.2) is 4.98 Å². The van der Waals surface area contributed by atoms with Gasteiger partial charge >= 0.3 is 0 Å². The number of hydrogen-bond acceptors (Lipinski definition) is 3. The van der Waals surface area contributed by atoms with Crippen LogP contribution in [0.25, 0.3) is 17.8 Å². The van der Waals surface area contributed by atoms with Gasteiger partial charge in [0.05, 0.1) is 0 Å². The van der Waals surface area contributed by atoms with E-state index in [0.29, 0.717) is 0 Å². The normalized spacial score (nSPS) is 17.2. The lowest BCUT2D eigenvalue weighted by molar-refractivity contribution is 0.611. The van der Waals surface area contributed by atoms with Crippen LogP contribution in [0.3, 0.4) is 0 Å². The van der Waals surface area contributed by atoms with Crippen molar-refractivity contribution in [3.63, 3.8) is 0 Å². The van der Waals surface area contributed by atoms with E-state index < -0.39 is 0 Å². The molecule has 2 aromatic rings. The highest BCUT2D eigenvalue weighted by Gasteiger charge is 2.22. The van der Waals surface area contributed by atoms with Crippen molar-refractivity contribution in [2.75, 3.05) is 13.1 Å². The van der Waals surface area contributed by atoms with Crippen LogP contribution in [0.15, 0.2) is 29.4 Å². The Bertz CT molecular complexity index is 627. The highest BCUT2D eigenvalue weighted by Crippen LogP contribution is 2.37. The summed E-state index contributed by atoms with van der Waals surface area (Å²) < 4.78 is 2.14. The summed E-state index contributed by atoms with van der Waals surface area (Å²) in [4.78, 5) is 5.93. The third-order valence-electron chi connectivity index (χ3n) is 3.80. The highest BCUT2D eigenvalue weighted by molar-refractivity contribution is 7.11. The van der Waals surface area contributed by atoms with Crippen molar-refractivity contribution >= 4 is 41.6 Å². The third kappa shape index (κ3) is 2.14. The number of nitrogens with zero attached hydrogens (tertiary/aromatic N) is 2. The largest absolute Gasteiger partial charge is 0.316 e. The van der Waals surface area contributed by atoms with Gasteiger partial charge < -0.3 is 9.88 Å². The Kier molecular flexibility index (Phi) is 3.78. The lowest BCUT2D eigenvalue weighted by Gasteiger charge is -2.19. The smallest absolute Gasteiger partial charge is 0.144 e. The molecule has 1 saturated heterocycles. The Morgan fingerprint density at radius 1 is 1.25 bits per heavy atom. The van der Waals surface area contributed by atoms with Crippen LogP contribution in [0.2, 0.25) is 0 Å². The van der Waals surface area contributed by atoms with Gasteiger partial charge in [0, 0.05) is 34.6 Å². The lowest BCUT2D eigenvalue weighted by Crippen LogP contribution is -2.24. The summed E-state index contributed by atoms with van der Waals surface area (Å²) in [7, 11) is 0. The first-order chi connectivity index (χ1) is 9.43. The molecule has 0 aliphatic carbocycles. The van der Waals surface area contributed by atoms with Crippen LogP contribution in [0.4, 0.5) is 0 Å². The first-order valence-corrected chi connectivity index (χ1v) is 7.53. The topological polar surface area (TPSA) is 29.9 Å². The summed E-state index contributed by atoms with van der Waals surface area (Å²) in [6.07, 6.45) is 10.5. The molecule has 0 aromatic carbocycles. The molecule has 3 nitrogen and oxygen atoms in total. The molecule has 0 spiro atoms. The predicted octanol–water partition coefficient (Wildman–Crippen LogP) is 3.49. The summed E-state index contributed by atoms with van der Waals surface area (Å²) in [6, 6.07) is 2.24. The van der Waals surface area contributed by atoms with E-state index >= 15 is 0 Å². The van der Waals surface area contributed by atoms with Crippen molar-refractivity contribution in [3.8, 4) is 0 Å². The predicted molar refractivity (Wildman–Crippen MR) is 87.1 cm³/mol. The Labute approximate surface area is 128 Å². The van der Waals surface area contributed by atoms with Crippen LogP contribution >= 0.6 is 23.7 Å². The van der Waals surface area contributed by atoms with Gasteiger partial charge in [-0.1, -0.05) is 5.57 Å². The minimum absolute atomic E-state index is 0. The SMILES string of the molecule is C1=Cn2ccnc2C(=C2CCNCC2)c2ccsc21.Cl. The first-order valence-electron chi connectivity index (χ1n) is 6.65. The molecule has 1 fully saturated rings. The van der Waals surface area contributed by atoms with E-state index in [9.17, 15) is 0 Å². The van der Waals surface area contributed by atoms with Crippen LogP contribution in [0.1, 0.15) is 29.1 Å². The number of thiophene rings is 1. The Morgan fingerprint density at radius 3 is 2.95 bits per heavy atom. The summed E-state index contributed by atoms with van der Waals surface area (Å²) in [6.45, 7) is 2.15. The zero-order valence-electron chi connectivity index (χ0n) is 11.0. The van der Waals surface area contributed by atoms with E-state index in [4.69, 9.17) is 0 Å². The molecular weight excluding hydrogens is 290 g/mol. The number of hydrogen-bond donors (Lipinski definition) is 1. The van der Waals surface area contributed by atoms with Crippen molar-refractivity contribution in [2.24, 2.45) is 0 Å². The van der Waals surface area contributed by atoms with E-state index in [1.165, 1.54) is 21.6 Å². The molecule has 2 aromatic heterocycles. The van der Waals surface area contributed by atoms with Gasteiger partial charge in [0.2, 0.25) is 0 Å². The molecule has 0 saturated carbocycles. The van der Waals surface area contributed by atoms with Gasteiger partial charge in [0.1, 0.15) is 5.82 Å². The summed E-state index contributed by atoms with van der Waals surface area (Å²) in [5, 5.41) is 5.61. The van der Waals surface area contributed by atoms with Gasteiger partial charge in [-0.2, -0.15) is 0 Å². The summed E-state index contributed by atoms with van der Waals surface area (Å²) in [5.41, 5.74) is 4.24. The molecule has 4 heterocycles. The Hall–Kier alpha value is -1.36. The van der Waals surface area contributed by atoms with Crippen molar-refractivity contribution in [1.82, 2.24) is 14.9 Å². The average molecular weight is 306 g/mol. The highest BCUT2D eigenvalue weighted by atomic mass is 35.5. The maximum absolute atomic E-state index is 4.59. The molecular formula is C15H16ClN3S. The molecule has 4 rings (SSSR count). The standard InChI is InChI=1S/C15H15N3S.ClH/c1-5-16-6-2-11(1)14-12-4-10-19-13(12)3-8-18-9-7-17-15(14)18;/h3-4,7-10,16H,1-2,5-6H2;1H. The van der Waals surface area contributed by atoms with Crippen molar-refractivity contribution in [3.05, 3.63) is 45.7 Å². The fourth-order valence-electron chi connectivity index (χ4n) is 2.88. The van der Waals surface area contributed by atoms with Gasteiger partial charge in [-0.15, -0.1) is 23.7 Å². The van der Waals surface area contributed by atoms with Crippen LogP contribution in [-0.4, -0.2) is 22.6 Å². The molecule has 0 bridgehead atoms. The van der Waals surface area contributed by atoms with E-state index in [1.54, 1.807) is 11.3 Å². The van der Waals surface area contributed by atoms with Crippen LogP contribution in [-0.2, 0) is 0 Å². The van der Waals surface area contributed by atoms with E-state index in [1.807, 2.05) is 12.4 Å². The van der Waals surface area contributed by atoms with Crippen molar-refractivity contribution in [2.45, 2.75) is 12.8 Å². The fraction of sp³-hybridized carbons (Fsp3) is 0.267. The van der Waals surface area contributed by atoms with E-state index in [2.05, 4.69) is 38.6 Å². The maximum atomic E-state index is 4.59. The third-order valence-corrected chi connectivity index (χ3v) is 4.69. The van der Waals surface area contributed by atoms with Gasteiger partial charge in [-0.05, 0) is 43.5 Å². The van der Waals surface area contributed by atoms with Crippen LogP contribution in [0.5, 0.6) is 0 Å². The zero-order valence-corrected chi connectivity index (χ0v) is 12.6. The molecule has 0 radical (unpaired) electrons. The number of imidazole rings is 1. The number of nitrogens with one attached hydrogen (secondary N) is 1. The number of rotatable bonds is 0. The van der Waals surface area contributed by atoms with Crippen molar-refractivity contribution in [1.29, 1.82) is 0 Å². The molecule has 20 heavy (non-hydrogen) atoms. The van der Waals surface area contributed by atoms with Crippen molar-refractivity contribution < 1.29 is 0 Å². The molecule has 2 aliphatic rings. The lowest BCUT2D eigenvalue weighted by atomic mass is 9.93. The molecule has 0 unspecified atom stereocenters. The first kappa shape index (κ1) is 13.6. The number of fused-ring (bicyclic) bond motifs is 2. The average Bonchev–Trinajstić information content (AvgIpc) is 3.07. The Morgan fingerprint density at radius 2 is 2.10 bits per heavy atom. The van der Waals surface area contributed by atoms with Gasteiger partial charge in [-0.3, -0.25) is 0 Å². The molecule has 1 N–H and O–H groups in total. The Balaban J connectivity index is 0.00000121. The molecule has 0 amide bonds. The van der Waals surface area contributed by atoms with E-state index in [0.717, 1.165) is 31.8 Å². The minimum atomic E-state index is 0. The minimum Gasteiger partial charge on any atom is -0.316 e.